The second kappa shape index (κ2) is 2.62. The third-order valence-electron chi connectivity index (χ3n) is 1.93. The van der Waals surface area contributed by atoms with Crippen LogP contribution in [0.1, 0.15) is 17.3 Å². The highest BCUT2D eigenvalue weighted by molar-refractivity contribution is 5.77. The lowest BCUT2D eigenvalue weighted by Gasteiger charge is -2.20. The monoisotopic (exact) mass is 166 g/mol. The molecule has 0 bridgehead atoms. The SMILES string of the molecule is CC1COc2c(C=O)cnn2C1. The Morgan fingerprint density at radius 2 is 2.67 bits per heavy atom. The Morgan fingerprint density at radius 1 is 1.83 bits per heavy atom. The zero-order valence-corrected chi connectivity index (χ0v) is 6.86. The molecular weight excluding hydrogens is 156 g/mol. The van der Waals surface area contributed by atoms with Gasteiger partial charge in [0.1, 0.15) is 0 Å². The molecule has 0 saturated carbocycles. The Morgan fingerprint density at radius 3 is 3.42 bits per heavy atom. The van der Waals surface area contributed by atoms with Gasteiger partial charge in [-0.25, -0.2) is 4.68 Å². The van der Waals surface area contributed by atoms with Crippen molar-refractivity contribution < 1.29 is 9.53 Å². The second-order valence-corrected chi connectivity index (χ2v) is 3.12. The summed E-state index contributed by atoms with van der Waals surface area (Å²) in [6, 6.07) is 0. The van der Waals surface area contributed by atoms with E-state index in [1.807, 2.05) is 0 Å². The molecule has 1 aromatic rings. The van der Waals surface area contributed by atoms with Crippen LogP contribution >= 0.6 is 0 Å². The largest absolute Gasteiger partial charge is 0.477 e. The van der Waals surface area contributed by atoms with Gasteiger partial charge in [-0.1, -0.05) is 6.92 Å². The molecular formula is C8H10N2O2. The maximum absolute atomic E-state index is 10.5. The van der Waals surface area contributed by atoms with Crippen LogP contribution in [0.3, 0.4) is 0 Å². The van der Waals surface area contributed by atoms with Gasteiger partial charge in [0.05, 0.1) is 24.9 Å². The zero-order valence-electron chi connectivity index (χ0n) is 6.86. The highest BCUT2D eigenvalue weighted by Gasteiger charge is 2.19. The molecule has 1 aliphatic rings. The average molecular weight is 166 g/mol. The van der Waals surface area contributed by atoms with Gasteiger partial charge in [-0.15, -0.1) is 0 Å². The van der Waals surface area contributed by atoms with Crippen LogP contribution in [0.2, 0.25) is 0 Å². The molecule has 0 aromatic carbocycles. The molecule has 64 valence electrons. The lowest BCUT2D eigenvalue weighted by molar-refractivity contribution is 0.111. The first-order valence-electron chi connectivity index (χ1n) is 3.95. The molecule has 1 aliphatic heterocycles. The van der Waals surface area contributed by atoms with Crippen molar-refractivity contribution in [1.82, 2.24) is 9.78 Å². The summed E-state index contributed by atoms with van der Waals surface area (Å²) in [5.74, 6) is 1.08. The van der Waals surface area contributed by atoms with Gasteiger partial charge in [0.25, 0.3) is 0 Å². The first kappa shape index (κ1) is 7.34. The number of fused-ring (bicyclic) bond motifs is 1. The van der Waals surface area contributed by atoms with E-state index in [4.69, 9.17) is 4.74 Å². The molecule has 0 fully saturated rings. The smallest absolute Gasteiger partial charge is 0.222 e. The van der Waals surface area contributed by atoms with E-state index in [0.29, 0.717) is 24.0 Å². The van der Waals surface area contributed by atoms with E-state index < -0.39 is 0 Å². The normalized spacial score (nSPS) is 21.2. The minimum absolute atomic E-state index is 0.469. The molecule has 0 spiro atoms. The number of rotatable bonds is 1. The summed E-state index contributed by atoms with van der Waals surface area (Å²) in [4.78, 5) is 10.5. The minimum Gasteiger partial charge on any atom is -0.477 e. The molecule has 0 amide bonds. The molecule has 2 heterocycles. The van der Waals surface area contributed by atoms with E-state index in [1.54, 1.807) is 10.9 Å². The van der Waals surface area contributed by atoms with E-state index >= 15 is 0 Å². The van der Waals surface area contributed by atoms with Crippen molar-refractivity contribution >= 4 is 6.29 Å². The van der Waals surface area contributed by atoms with Crippen molar-refractivity contribution in [3.63, 3.8) is 0 Å². The van der Waals surface area contributed by atoms with Gasteiger partial charge in [-0.05, 0) is 0 Å². The maximum atomic E-state index is 10.5. The van der Waals surface area contributed by atoms with Gasteiger partial charge in [-0.2, -0.15) is 5.10 Å². The number of hydrogen-bond donors (Lipinski definition) is 0. The lowest BCUT2D eigenvalue weighted by Crippen LogP contribution is -2.23. The molecule has 12 heavy (non-hydrogen) atoms. The van der Waals surface area contributed by atoms with Crippen molar-refractivity contribution in [3.8, 4) is 5.88 Å². The topological polar surface area (TPSA) is 44.1 Å². The van der Waals surface area contributed by atoms with Crippen LogP contribution < -0.4 is 4.74 Å². The predicted octanol–water partition coefficient (Wildman–Crippen LogP) is 0.724. The Bertz CT molecular complexity index is 306. The van der Waals surface area contributed by atoms with Crippen LogP contribution in [0.5, 0.6) is 5.88 Å². The van der Waals surface area contributed by atoms with Gasteiger partial charge in [0, 0.05) is 5.92 Å². The van der Waals surface area contributed by atoms with Crippen molar-refractivity contribution in [2.75, 3.05) is 6.61 Å². The van der Waals surface area contributed by atoms with Crippen molar-refractivity contribution in [3.05, 3.63) is 11.8 Å². The summed E-state index contributed by atoms with van der Waals surface area (Å²) in [5, 5.41) is 4.04. The fraction of sp³-hybridized carbons (Fsp3) is 0.500. The van der Waals surface area contributed by atoms with Crippen LogP contribution in [0.4, 0.5) is 0 Å². The summed E-state index contributed by atoms with van der Waals surface area (Å²) in [7, 11) is 0. The van der Waals surface area contributed by atoms with E-state index in [2.05, 4.69) is 12.0 Å². The highest BCUT2D eigenvalue weighted by Crippen LogP contribution is 2.22. The summed E-state index contributed by atoms with van der Waals surface area (Å²) < 4.78 is 7.10. The minimum atomic E-state index is 0.469. The molecule has 4 heteroatoms. The third kappa shape index (κ3) is 0.995. The van der Waals surface area contributed by atoms with Gasteiger partial charge < -0.3 is 4.74 Å². The number of aromatic nitrogens is 2. The number of hydrogen-bond acceptors (Lipinski definition) is 3. The quantitative estimate of drug-likeness (QED) is 0.577. The van der Waals surface area contributed by atoms with Gasteiger partial charge in [0.2, 0.25) is 5.88 Å². The molecule has 1 aromatic heterocycles. The predicted molar refractivity (Wildman–Crippen MR) is 42.3 cm³/mol. The van der Waals surface area contributed by atoms with E-state index in [0.717, 1.165) is 12.8 Å². The molecule has 1 atom stereocenters. The average Bonchev–Trinajstić information content (AvgIpc) is 2.46. The molecule has 0 aliphatic carbocycles. The summed E-state index contributed by atoms with van der Waals surface area (Å²) >= 11 is 0. The lowest BCUT2D eigenvalue weighted by atomic mass is 10.2. The van der Waals surface area contributed by atoms with Gasteiger partial charge in [0.15, 0.2) is 6.29 Å². The fourth-order valence-electron chi connectivity index (χ4n) is 1.33. The van der Waals surface area contributed by atoms with Crippen molar-refractivity contribution in [2.45, 2.75) is 13.5 Å². The maximum Gasteiger partial charge on any atom is 0.222 e. The first-order valence-corrected chi connectivity index (χ1v) is 3.95. The standard InChI is InChI=1S/C8H10N2O2/c1-6-3-10-8(12-5-6)7(4-11)2-9-10/h2,4,6H,3,5H2,1H3. The zero-order chi connectivity index (χ0) is 8.55. The highest BCUT2D eigenvalue weighted by atomic mass is 16.5. The van der Waals surface area contributed by atoms with Gasteiger partial charge in [-0.3, -0.25) is 4.79 Å². The number of nitrogens with zero attached hydrogens (tertiary/aromatic N) is 2. The summed E-state index contributed by atoms with van der Waals surface area (Å²) in [5.41, 5.74) is 0.543. The Labute approximate surface area is 70.1 Å². The van der Waals surface area contributed by atoms with E-state index in [1.165, 1.54) is 0 Å². The Hall–Kier alpha value is -1.32. The van der Waals surface area contributed by atoms with Crippen LogP contribution in [0.15, 0.2) is 6.20 Å². The fourth-order valence-corrected chi connectivity index (χ4v) is 1.33. The number of carbonyl (C=O) groups is 1. The van der Waals surface area contributed by atoms with Crippen LogP contribution in [-0.2, 0) is 6.54 Å². The number of aldehydes is 1. The van der Waals surface area contributed by atoms with E-state index in [9.17, 15) is 4.79 Å². The van der Waals surface area contributed by atoms with Crippen molar-refractivity contribution in [2.24, 2.45) is 5.92 Å². The molecule has 0 radical (unpaired) electrons. The van der Waals surface area contributed by atoms with Crippen LogP contribution in [-0.4, -0.2) is 22.7 Å². The van der Waals surface area contributed by atoms with Gasteiger partial charge >= 0.3 is 0 Å². The number of ether oxygens (including phenoxy) is 1. The molecule has 2 rings (SSSR count). The first-order chi connectivity index (χ1) is 5.81. The second-order valence-electron chi connectivity index (χ2n) is 3.12. The summed E-state index contributed by atoms with van der Waals surface area (Å²) in [6.45, 7) is 3.60. The van der Waals surface area contributed by atoms with E-state index in [-0.39, 0.29) is 0 Å². The van der Waals surface area contributed by atoms with Crippen molar-refractivity contribution in [1.29, 1.82) is 0 Å². The van der Waals surface area contributed by atoms with Crippen LogP contribution in [0, 0.1) is 5.92 Å². The van der Waals surface area contributed by atoms with Crippen LogP contribution in [0.25, 0.3) is 0 Å². The third-order valence-corrected chi connectivity index (χ3v) is 1.93. The molecule has 0 N–H and O–H groups in total. The Balaban J connectivity index is 2.38. The molecule has 1 unspecified atom stereocenters. The Kier molecular flexibility index (Phi) is 1.60. The summed E-state index contributed by atoms with van der Waals surface area (Å²) in [6.07, 6.45) is 2.31. The number of carbonyl (C=O) groups excluding carboxylic acids is 1. The molecule has 4 nitrogen and oxygen atoms in total. The molecule has 0 saturated heterocycles.